The van der Waals surface area contributed by atoms with Gasteiger partial charge in [-0.25, -0.2) is 4.98 Å². The average molecular weight is 476 g/mol. The first-order valence-corrected chi connectivity index (χ1v) is 12.3. The zero-order valence-electron chi connectivity index (χ0n) is 19.0. The number of aromatic nitrogens is 4. The van der Waals surface area contributed by atoms with Gasteiger partial charge in [0.1, 0.15) is 5.69 Å². The molecule has 3 heterocycles. The summed E-state index contributed by atoms with van der Waals surface area (Å²) in [5.41, 5.74) is 4.81. The first kappa shape index (κ1) is 22.5. The molecule has 0 amide bonds. The predicted octanol–water partition coefficient (Wildman–Crippen LogP) is 3.78. The predicted molar refractivity (Wildman–Crippen MR) is 129 cm³/mol. The Bertz CT molecular complexity index is 1300. The van der Waals surface area contributed by atoms with Crippen LogP contribution in [0.25, 0.3) is 34.3 Å². The van der Waals surface area contributed by atoms with Gasteiger partial charge in [-0.2, -0.15) is 0 Å². The van der Waals surface area contributed by atoms with E-state index in [0.29, 0.717) is 42.1 Å². The maximum atomic E-state index is 12.7. The summed E-state index contributed by atoms with van der Waals surface area (Å²) < 4.78 is 24.0. The lowest BCUT2D eigenvalue weighted by atomic mass is 10.1. The van der Waals surface area contributed by atoms with Gasteiger partial charge in [0.2, 0.25) is 5.89 Å². The molecule has 2 aromatic heterocycles. The fourth-order valence-electron chi connectivity index (χ4n) is 3.83. The molecule has 0 saturated carbocycles. The van der Waals surface area contributed by atoms with Crippen molar-refractivity contribution in [1.29, 1.82) is 0 Å². The van der Waals surface area contributed by atoms with Crippen LogP contribution in [0.5, 0.6) is 0 Å². The quantitative estimate of drug-likeness (QED) is 0.431. The van der Waals surface area contributed by atoms with Crippen molar-refractivity contribution in [3.05, 3.63) is 66.0 Å². The highest BCUT2D eigenvalue weighted by atomic mass is 32.2. The average Bonchev–Trinajstić information content (AvgIpc) is 3.58. The number of rotatable bonds is 7. The van der Waals surface area contributed by atoms with E-state index < -0.39 is 10.8 Å². The summed E-state index contributed by atoms with van der Waals surface area (Å²) >= 11 is 0. The van der Waals surface area contributed by atoms with Crippen molar-refractivity contribution in [3.63, 3.8) is 0 Å². The van der Waals surface area contributed by atoms with Crippen molar-refractivity contribution in [2.24, 2.45) is 0 Å². The second-order valence-corrected chi connectivity index (χ2v) is 9.87. The molecule has 0 radical (unpaired) electrons. The van der Waals surface area contributed by atoms with Crippen LogP contribution in [-0.4, -0.2) is 49.9 Å². The molecule has 174 valence electrons. The third-order valence-electron chi connectivity index (χ3n) is 5.74. The highest BCUT2D eigenvalue weighted by Gasteiger charge is 2.23. The van der Waals surface area contributed by atoms with Crippen LogP contribution in [0, 0.1) is 6.92 Å². The summed E-state index contributed by atoms with van der Waals surface area (Å²) in [4.78, 5) is 10.0. The standard InChI is InChI=1S/C25H25N5O3S/c1-16-23(25-30-29-24(33-25)19-5-3-17(4-6-19)13-26-2)28-22(14-27-16)18-7-9-20(10-8-18)34(31)21-11-12-32-15-21/h3-10,14,21,26H,11-13,15H2,1-2H3. The van der Waals surface area contributed by atoms with Gasteiger partial charge in [0.05, 0.1) is 40.2 Å². The van der Waals surface area contributed by atoms with E-state index in [1.54, 1.807) is 6.20 Å². The highest BCUT2D eigenvalue weighted by Crippen LogP contribution is 2.28. The molecule has 5 rings (SSSR count). The van der Waals surface area contributed by atoms with E-state index in [4.69, 9.17) is 14.1 Å². The molecule has 0 bridgehead atoms. The van der Waals surface area contributed by atoms with Gasteiger partial charge < -0.3 is 14.5 Å². The second-order valence-electron chi connectivity index (χ2n) is 8.14. The molecule has 1 aliphatic heterocycles. The smallest absolute Gasteiger partial charge is 0.268 e. The molecule has 2 atom stereocenters. The SMILES string of the molecule is CNCc1ccc(-c2nnc(-c3nc(-c4ccc(S(=O)C5CCOC5)cc4)cnc3C)o2)cc1. The number of nitrogens with one attached hydrogen (secondary N) is 1. The fourth-order valence-corrected chi connectivity index (χ4v) is 5.15. The van der Waals surface area contributed by atoms with Crippen LogP contribution >= 0.6 is 0 Å². The van der Waals surface area contributed by atoms with Gasteiger partial charge >= 0.3 is 0 Å². The van der Waals surface area contributed by atoms with Gasteiger partial charge in [0.25, 0.3) is 5.89 Å². The Hall–Kier alpha value is -3.27. The number of aryl methyl sites for hydroxylation is 1. The first-order chi connectivity index (χ1) is 16.6. The lowest BCUT2D eigenvalue weighted by Gasteiger charge is -2.09. The summed E-state index contributed by atoms with van der Waals surface area (Å²) in [7, 11) is 0.836. The van der Waals surface area contributed by atoms with E-state index in [1.165, 1.54) is 5.56 Å². The number of hydrogen-bond donors (Lipinski definition) is 1. The minimum Gasteiger partial charge on any atom is -0.415 e. The van der Waals surface area contributed by atoms with E-state index in [9.17, 15) is 4.21 Å². The number of nitrogens with zero attached hydrogens (tertiary/aromatic N) is 4. The van der Waals surface area contributed by atoms with E-state index in [2.05, 4.69) is 20.5 Å². The maximum Gasteiger partial charge on any atom is 0.268 e. The Morgan fingerprint density at radius 2 is 1.76 bits per heavy atom. The van der Waals surface area contributed by atoms with Crippen LogP contribution < -0.4 is 5.32 Å². The summed E-state index contributed by atoms with van der Waals surface area (Å²) in [6.45, 7) is 3.88. The fraction of sp³-hybridized carbons (Fsp3) is 0.280. The van der Waals surface area contributed by atoms with Crippen LogP contribution in [0.2, 0.25) is 0 Å². The van der Waals surface area contributed by atoms with Gasteiger partial charge in [-0.3, -0.25) is 9.19 Å². The largest absolute Gasteiger partial charge is 0.415 e. The number of hydrogen-bond acceptors (Lipinski definition) is 8. The first-order valence-electron chi connectivity index (χ1n) is 11.1. The number of ether oxygens (including phenoxy) is 1. The van der Waals surface area contributed by atoms with Gasteiger partial charge in [-0.05, 0) is 50.2 Å². The molecule has 0 aliphatic carbocycles. The van der Waals surface area contributed by atoms with Gasteiger partial charge in [-0.1, -0.05) is 24.3 Å². The topological polar surface area (TPSA) is 103 Å². The molecule has 9 heteroatoms. The highest BCUT2D eigenvalue weighted by molar-refractivity contribution is 7.85. The van der Waals surface area contributed by atoms with Gasteiger partial charge in [0.15, 0.2) is 0 Å². The van der Waals surface area contributed by atoms with Crippen molar-refractivity contribution in [2.45, 2.75) is 30.0 Å². The third-order valence-corrected chi connectivity index (χ3v) is 7.45. The minimum atomic E-state index is -1.08. The van der Waals surface area contributed by atoms with Crippen LogP contribution in [-0.2, 0) is 22.1 Å². The monoisotopic (exact) mass is 475 g/mol. The Balaban J connectivity index is 1.38. The minimum absolute atomic E-state index is 0.0582. The lowest BCUT2D eigenvalue weighted by molar-refractivity contribution is 0.199. The Labute approximate surface area is 200 Å². The van der Waals surface area contributed by atoms with Crippen LogP contribution in [0.1, 0.15) is 17.7 Å². The van der Waals surface area contributed by atoms with E-state index in [-0.39, 0.29) is 5.25 Å². The normalized spacial score (nSPS) is 16.6. The molecule has 8 nitrogen and oxygen atoms in total. The van der Waals surface area contributed by atoms with Crippen LogP contribution in [0.3, 0.4) is 0 Å². The Kier molecular flexibility index (Phi) is 6.57. The van der Waals surface area contributed by atoms with Crippen molar-refractivity contribution >= 4 is 10.8 Å². The summed E-state index contributed by atoms with van der Waals surface area (Å²) in [5, 5.41) is 11.6. The van der Waals surface area contributed by atoms with Crippen molar-refractivity contribution in [1.82, 2.24) is 25.5 Å². The molecule has 4 aromatic rings. The van der Waals surface area contributed by atoms with E-state index in [0.717, 1.165) is 29.0 Å². The van der Waals surface area contributed by atoms with Gasteiger partial charge in [0, 0.05) is 29.2 Å². The Morgan fingerprint density at radius 1 is 1.03 bits per heavy atom. The molecular formula is C25H25N5O3S. The van der Waals surface area contributed by atoms with Crippen LogP contribution in [0.15, 0.2) is 64.0 Å². The van der Waals surface area contributed by atoms with Crippen molar-refractivity contribution < 1.29 is 13.4 Å². The molecule has 1 fully saturated rings. The summed E-state index contributed by atoms with van der Waals surface area (Å²) in [5.74, 6) is 0.750. The van der Waals surface area contributed by atoms with Crippen LogP contribution in [0.4, 0.5) is 0 Å². The molecular weight excluding hydrogens is 450 g/mol. The molecule has 2 unspecified atom stereocenters. The zero-order valence-corrected chi connectivity index (χ0v) is 19.8. The molecule has 1 saturated heterocycles. The van der Waals surface area contributed by atoms with Crippen molar-refractivity contribution in [3.8, 4) is 34.3 Å². The number of benzene rings is 2. The second kappa shape index (κ2) is 9.92. The molecule has 1 N–H and O–H groups in total. The third kappa shape index (κ3) is 4.68. The summed E-state index contributed by atoms with van der Waals surface area (Å²) in [6.07, 6.45) is 2.54. The molecule has 34 heavy (non-hydrogen) atoms. The maximum absolute atomic E-state index is 12.7. The van der Waals surface area contributed by atoms with E-state index >= 15 is 0 Å². The lowest BCUT2D eigenvalue weighted by Crippen LogP contribution is -2.14. The molecule has 1 aliphatic rings. The molecule has 2 aromatic carbocycles. The zero-order chi connectivity index (χ0) is 23.5. The Morgan fingerprint density at radius 3 is 2.47 bits per heavy atom. The summed E-state index contributed by atoms with van der Waals surface area (Å²) in [6, 6.07) is 15.6. The van der Waals surface area contributed by atoms with Crippen molar-refractivity contribution in [2.75, 3.05) is 20.3 Å². The molecule has 0 spiro atoms. The van der Waals surface area contributed by atoms with E-state index in [1.807, 2.05) is 62.5 Å². The van der Waals surface area contributed by atoms with Gasteiger partial charge in [-0.15, -0.1) is 10.2 Å².